The van der Waals surface area contributed by atoms with Crippen LogP contribution in [0.3, 0.4) is 0 Å². The van der Waals surface area contributed by atoms with Gasteiger partial charge in [0, 0.05) is 12.1 Å². The van der Waals surface area contributed by atoms with Crippen LogP contribution in [0.4, 0.5) is 5.69 Å². The van der Waals surface area contributed by atoms with Crippen molar-refractivity contribution in [2.75, 3.05) is 18.1 Å². The fourth-order valence-electron chi connectivity index (χ4n) is 3.20. The summed E-state index contributed by atoms with van der Waals surface area (Å²) in [5, 5.41) is 0. The number of rotatable bonds is 3. The summed E-state index contributed by atoms with van der Waals surface area (Å²) in [4.78, 5) is 20.9. The molecule has 30 heavy (non-hydrogen) atoms. The standard InChI is InChI=1S/C19H16N3O.C6H5.Cd/c23-19-17(13-15-7-3-1-4-8-15)20-18-11-12-21(14-22(18)19)16-9-5-2-6-10-16;1-2-4-6-5-3-1;/h1-10H,12-14H2;1-5H;/q2*-1;+2. The largest absolute Gasteiger partial charge is 2.00 e. The number of para-hydroxylation sites is 1. The zero-order valence-corrected chi connectivity index (χ0v) is 20.8. The van der Waals surface area contributed by atoms with Gasteiger partial charge in [-0.05, 0) is 23.5 Å². The van der Waals surface area contributed by atoms with E-state index in [1.807, 2.05) is 91.0 Å². The third kappa shape index (κ3) is 5.44. The molecule has 0 saturated heterocycles. The van der Waals surface area contributed by atoms with Crippen LogP contribution in [-0.2, 0) is 38.5 Å². The van der Waals surface area contributed by atoms with Gasteiger partial charge in [0.25, 0.3) is 5.91 Å². The molecule has 5 rings (SSSR count). The van der Waals surface area contributed by atoms with E-state index in [1.165, 1.54) is 0 Å². The fourth-order valence-corrected chi connectivity index (χ4v) is 3.20. The molecule has 2 aliphatic heterocycles. The molecule has 0 fully saturated rings. The predicted molar refractivity (Wildman–Crippen MR) is 115 cm³/mol. The Morgan fingerprint density at radius 1 is 0.867 bits per heavy atom. The van der Waals surface area contributed by atoms with Crippen LogP contribution >= 0.6 is 0 Å². The first-order chi connectivity index (χ1) is 14.3. The van der Waals surface area contributed by atoms with Crippen molar-refractivity contribution in [3.8, 4) is 0 Å². The van der Waals surface area contributed by atoms with Crippen LogP contribution in [-0.4, -0.2) is 29.7 Å². The van der Waals surface area contributed by atoms with E-state index in [0.29, 0.717) is 31.2 Å². The average molecular weight is 492 g/mol. The van der Waals surface area contributed by atoms with Crippen molar-refractivity contribution in [1.82, 2.24) is 4.90 Å². The molecule has 5 heteroatoms. The van der Waals surface area contributed by atoms with Crippen molar-refractivity contribution < 1.29 is 32.1 Å². The molecule has 0 radical (unpaired) electrons. The minimum atomic E-state index is -0.0167. The molecule has 4 nitrogen and oxygen atoms in total. The Hall–Kier alpha value is -2.74. The molecule has 1 amide bonds. The van der Waals surface area contributed by atoms with E-state index in [-0.39, 0.29) is 33.2 Å². The Bertz CT molecular complexity index is 978. The Kier molecular flexibility index (Phi) is 7.96. The summed E-state index contributed by atoms with van der Waals surface area (Å²) in [5.74, 6) is 0.644. The van der Waals surface area contributed by atoms with Gasteiger partial charge in [-0.15, -0.1) is 6.54 Å². The zero-order chi connectivity index (χ0) is 19.9. The van der Waals surface area contributed by atoms with E-state index in [1.54, 1.807) is 4.90 Å². The first-order valence-electron chi connectivity index (χ1n) is 9.56. The average Bonchev–Trinajstić information content (AvgIpc) is 3.11. The maximum atomic E-state index is 12.6. The number of anilines is 1. The molecule has 144 valence electrons. The van der Waals surface area contributed by atoms with Crippen molar-refractivity contribution in [2.24, 2.45) is 4.99 Å². The summed E-state index contributed by atoms with van der Waals surface area (Å²) in [6.45, 7) is 1.16. The van der Waals surface area contributed by atoms with Crippen LogP contribution in [0.1, 0.15) is 5.56 Å². The van der Waals surface area contributed by atoms with Gasteiger partial charge in [0.15, 0.2) is 0 Å². The van der Waals surface area contributed by atoms with Crippen LogP contribution in [0.25, 0.3) is 0 Å². The molecule has 0 spiro atoms. The Morgan fingerprint density at radius 3 is 2.10 bits per heavy atom. The van der Waals surface area contributed by atoms with E-state index >= 15 is 0 Å². The van der Waals surface area contributed by atoms with Gasteiger partial charge in [-0.25, -0.2) is 0 Å². The molecule has 3 aromatic rings. The number of carbonyl (C=O) groups is 1. The molecule has 0 bridgehead atoms. The van der Waals surface area contributed by atoms with Crippen molar-refractivity contribution in [3.05, 3.63) is 115 Å². The van der Waals surface area contributed by atoms with E-state index in [2.05, 4.69) is 22.0 Å². The normalized spacial score (nSPS) is 14.6. The fraction of sp³-hybridized carbons (Fsp3) is 0.120. The Morgan fingerprint density at radius 2 is 1.50 bits per heavy atom. The summed E-state index contributed by atoms with van der Waals surface area (Å²) < 4.78 is 0. The van der Waals surface area contributed by atoms with Crippen LogP contribution in [0.5, 0.6) is 0 Å². The van der Waals surface area contributed by atoms with E-state index in [9.17, 15) is 4.79 Å². The van der Waals surface area contributed by atoms with E-state index in [4.69, 9.17) is 0 Å². The number of fused-ring (bicyclic) bond motifs is 1. The van der Waals surface area contributed by atoms with Gasteiger partial charge in [-0.2, -0.15) is 36.4 Å². The number of aliphatic imine (C=N–C) groups is 1. The predicted octanol–water partition coefficient (Wildman–Crippen LogP) is 4.12. The summed E-state index contributed by atoms with van der Waals surface area (Å²) in [5.41, 5.74) is 2.77. The molecule has 0 aliphatic carbocycles. The molecule has 0 saturated carbocycles. The molecular weight excluding hydrogens is 471 g/mol. The van der Waals surface area contributed by atoms with Crippen LogP contribution in [0.2, 0.25) is 0 Å². The second kappa shape index (κ2) is 10.9. The minimum absolute atomic E-state index is 0. The van der Waals surface area contributed by atoms with Gasteiger partial charge in [0.2, 0.25) is 0 Å². The van der Waals surface area contributed by atoms with Crippen molar-refractivity contribution >= 4 is 17.3 Å². The Balaban J connectivity index is 0.000000317. The van der Waals surface area contributed by atoms with Crippen LogP contribution in [0, 0.1) is 12.1 Å². The zero-order valence-electron chi connectivity index (χ0n) is 16.7. The van der Waals surface area contributed by atoms with E-state index in [0.717, 1.165) is 11.3 Å². The van der Waals surface area contributed by atoms with Crippen molar-refractivity contribution in [2.45, 2.75) is 6.42 Å². The molecule has 3 aromatic carbocycles. The smallest absolute Gasteiger partial charge is 0.431 e. The first-order valence-corrected chi connectivity index (χ1v) is 9.56. The number of benzene rings is 3. The van der Waals surface area contributed by atoms with Gasteiger partial charge in [-0.1, -0.05) is 48.5 Å². The molecule has 0 atom stereocenters. The second-order valence-corrected chi connectivity index (χ2v) is 6.71. The van der Waals surface area contributed by atoms with Crippen LogP contribution < -0.4 is 4.90 Å². The van der Waals surface area contributed by atoms with E-state index < -0.39 is 0 Å². The maximum Gasteiger partial charge on any atom is 2.00 e. The Labute approximate surface area is 197 Å². The minimum Gasteiger partial charge on any atom is -0.431 e. The topological polar surface area (TPSA) is 35.9 Å². The van der Waals surface area contributed by atoms with Crippen molar-refractivity contribution in [1.29, 1.82) is 0 Å². The number of nitrogens with zero attached hydrogens (tertiary/aromatic N) is 3. The number of hydrogen-bond acceptors (Lipinski definition) is 3. The van der Waals surface area contributed by atoms with Gasteiger partial charge in [0.1, 0.15) is 5.71 Å². The summed E-state index contributed by atoms with van der Waals surface area (Å²) in [6.07, 6.45) is 3.80. The third-order valence-electron chi connectivity index (χ3n) is 4.67. The number of amides is 1. The molecule has 0 aromatic heterocycles. The molecule has 0 unspecified atom stereocenters. The summed E-state index contributed by atoms with van der Waals surface area (Å²) in [7, 11) is 0. The molecule has 2 heterocycles. The van der Waals surface area contributed by atoms with Gasteiger partial charge in [-0.3, -0.25) is 9.79 Å². The maximum absolute atomic E-state index is 12.6. The van der Waals surface area contributed by atoms with Gasteiger partial charge >= 0.3 is 27.3 Å². The molecule has 2 aliphatic rings. The number of carbonyl (C=O) groups excluding carboxylic acids is 1. The monoisotopic (exact) mass is 493 g/mol. The van der Waals surface area contributed by atoms with Crippen molar-refractivity contribution in [3.63, 3.8) is 0 Å². The second-order valence-electron chi connectivity index (χ2n) is 6.71. The summed E-state index contributed by atoms with van der Waals surface area (Å²) in [6, 6.07) is 32.5. The first kappa shape index (κ1) is 22.0. The number of hydrogen-bond donors (Lipinski definition) is 0. The third-order valence-corrected chi connectivity index (χ3v) is 4.67. The molecular formula is C25H21CdN3O. The SMILES string of the molecule is O=C1C(Cc2ccccc2)=NC2=[C-]CN(c3ccccc3)CN12.[Cd+2].[c-]1ccccc1. The van der Waals surface area contributed by atoms with Crippen LogP contribution in [0.15, 0.2) is 102 Å². The summed E-state index contributed by atoms with van der Waals surface area (Å²) >= 11 is 0. The molecule has 0 N–H and O–H groups in total. The van der Waals surface area contributed by atoms with Gasteiger partial charge in [0.05, 0.1) is 6.67 Å². The van der Waals surface area contributed by atoms with Gasteiger partial charge < -0.3 is 15.9 Å². The quantitative estimate of drug-likeness (QED) is 0.408.